The van der Waals surface area contributed by atoms with Gasteiger partial charge in [0.15, 0.2) is 5.78 Å². The van der Waals surface area contributed by atoms with E-state index >= 15 is 0 Å². The highest BCUT2D eigenvalue weighted by Gasteiger charge is 2.28. The predicted octanol–water partition coefficient (Wildman–Crippen LogP) is 3.30. The second kappa shape index (κ2) is 7.22. The van der Waals surface area contributed by atoms with Gasteiger partial charge in [0.25, 0.3) is 0 Å². The van der Waals surface area contributed by atoms with E-state index in [1.165, 1.54) is 0 Å². The minimum atomic E-state index is 0.169. The third kappa shape index (κ3) is 3.92. The molecule has 0 saturated carbocycles. The van der Waals surface area contributed by atoms with E-state index in [0.717, 1.165) is 37.9 Å². The molecule has 1 heterocycles. The summed E-state index contributed by atoms with van der Waals surface area (Å²) in [7, 11) is 0. The van der Waals surface area contributed by atoms with Crippen molar-refractivity contribution in [2.45, 2.75) is 39.0 Å². The number of rotatable bonds is 7. The van der Waals surface area contributed by atoms with Crippen LogP contribution in [0.5, 0.6) is 0 Å². The van der Waals surface area contributed by atoms with Crippen LogP contribution in [-0.4, -0.2) is 29.7 Å². The van der Waals surface area contributed by atoms with Gasteiger partial charge in [0, 0.05) is 31.5 Å². The van der Waals surface area contributed by atoms with Crippen molar-refractivity contribution in [3.63, 3.8) is 0 Å². The molecule has 1 amide bonds. The Kier molecular flexibility index (Phi) is 5.33. The Balaban J connectivity index is 1.74. The van der Waals surface area contributed by atoms with Crippen molar-refractivity contribution in [3.8, 4) is 0 Å². The highest BCUT2D eigenvalue weighted by atomic mass is 16.2. The Morgan fingerprint density at radius 3 is 2.75 bits per heavy atom. The number of Topliss-reactive ketones (excluding diaryl/α,β-unsaturated/α-hetero) is 1. The maximum Gasteiger partial charge on any atom is 0.222 e. The normalized spacial score (nSPS) is 18.6. The van der Waals surface area contributed by atoms with E-state index in [1.807, 2.05) is 35.2 Å². The SMILES string of the molecule is CCCC1CC(=O)N(CCCC(=O)c2ccccc2)C1. The molecule has 0 aromatic heterocycles. The molecule has 3 heteroatoms. The van der Waals surface area contributed by atoms with Crippen molar-refractivity contribution < 1.29 is 9.59 Å². The highest BCUT2D eigenvalue weighted by molar-refractivity contribution is 5.95. The Morgan fingerprint density at radius 2 is 2.05 bits per heavy atom. The summed E-state index contributed by atoms with van der Waals surface area (Å²) < 4.78 is 0. The van der Waals surface area contributed by atoms with Crippen molar-refractivity contribution in [1.29, 1.82) is 0 Å². The fourth-order valence-electron chi connectivity index (χ4n) is 2.87. The summed E-state index contributed by atoms with van der Waals surface area (Å²) in [5.74, 6) is 0.954. The lowest BCUT2D eigenvalue weighted by atomic mass is 10.0. The Morgan fingerprint density at radius 1 is 1.30 bits per heavy atom. The molecule has 3 nitrogen and oxygen atoms in total. The maximum atomic E-state index is 12.0. The quantitative estimate of drug-likeness (QED) is 0.715. The van der Waals surface area contributed by atoms with Gasteiger partial charge in [0.05, 0.1) is 0 Å². The second-order valence-corrected chi connectivity index (χ2v) is 5.59. The smallest absolute Gasteiger partial charge is 0.222 e. The third-order valence-electron chi connectivity index (χ3n) is 3.92. The Labute approximate surface area is 121 Å². The zero-order valence-corrected chi connectivity index (χ0v) is 12.2. The predicted molar refractivity (Wildman–Crippen MR) is 79.6 cm³/mol. The summed E-state index contributed by atoms with van der Waals surface area (Å²) >= 11 is 0. The first-order valence-corrected chi connectivity index (χ1v) is 7.56. The third-order valence-corrected chi connectivity index (χ3v) is 3.92. The molecule has 1 aromatic rings. The monoisotopic (exact) mass is 273 g/mol. The van der Waals surface area contributed by atoms with Gasteiger partial charge in [0.1, 0.15) is 0 Å². The lowest BCUT2D eigenvalue weighted by Gasteiger charge is -2.16. The van der Waals surface area contributed by atoms with Gasteiger partial charge in [-0.2, -0.15) is 0 Å². The zero-order valence-electron chi connectivity index (χ0n) is 12.2. The molecule has 1 aliphatic rings. The van der Waals surface area contributed by atoms with E-state index in [9.17, 15) is 9.59 Å². The van der Waals surface area contributed by atoms with E-state index in [2.05, 4.69) is 6.92 Å². The van der Waals surface area contributed by atoms with E-state index in [-0.39, 0.29) is 11.7 Å². The number of carbonyl (C=O) groups is 2. The van der Waals surface area contributed by atoms with Crippen LogP contribution in [0.15, 0.2) is 30.3 Å². The first-order chi connectivity index (χ1) is 9.70. The highest BCUT2D eigenvalue weighted by Crippen LogP contribution is 2.22. The van der Waals surface area contributed by atoms with E-state index in [1.54, 1.807) is 0 Å². The Bertz CT molecular complexity index is 455. The molecule has 0 radical (unpaired) electrons. The van der Waals surface area contributed by atoms with Gasteiger partial charge in [0.2, 0.25) is 5.91 Å². The molecule has 108 valence electrons. The van der Waals surface area contributed by atoms with E-state index < -0.39 is 0 Å². The molecule has 20 heavy (non-hydrogen) atoms. The van der Waals surface area contributed by atoms with Crippen LogP contribution < -0.4 is 0 Å². The largest absolute Gasteiger partial charge is 0.342 e. The van der Waals surface area contributed by atoms with Crippen molar-refractivity contribution in [2.75, 3.05) is 13.1 Å². The van der Waals surface area contributed by atoms with E-state index in [4.69, 9.17) is 0 Å². The van der Waals surface area contributed by atoms with Crippen LogP contribution in [0, 0.1) is 5.92 Å². The number of nitrogens with zero attached hydrogens (tertiary/aromatic N) is 1. The average Bonchev–Trinajstić information content (AvgIpc) is 2.80. The van der Waals surface area contributed by atoms with Crippen LogP contribution in [0.3, 0.4) is 0 Å². The molecule has 2 rings (SSSR count). The summed E-state index contributed by atoms with van der Waals surface area (Å²) in [6, 6.07) is 9.37. The molecule has 0 N–H and O–H groups in total. The van der Waals surface area contributed by atoms with Gasteiger partial charge < -0.3 is 4.90 Å². The standard InChI is InChI=1S/C17H23NO2/c1-2-7-14-12-17(20)18(13-14)11-6-10-16(19)15-8-4-3-5-9-15/h3-5,8-9,14H,2,6-7,10-13H2,1H3. The fraction of sp³-hybridized carbons (Fsp3) is 0.529. The molecule has 1 fully saturated rings. The summed E-state index contributed by atoms with van der Waals surface area (Å²) in [4.78, 5) is 25.7. The first kappa shape index (κ1) is 14.8. The number of carbonyl (C=O) groups excluding carboxylic acids is 2. The number of likely N-dealkylation sites (tertiary alicyclic amines) is 1. The minimum absolute atomic E-state index is 0.169. The molecule has 1 aliphatic heterocycles. The van der Waals surface area contributed by atoms with Gasteiger partial charge >= 0.3 is 0 Å². The summed E-state index contributed by atoms with van der Waals surface area (Å²) in [5, 5.41) is 0. The van der Waals surface area contributed by atoms with Crippen LogP contribution in [0.25, 0.3) is 0 Å². The van der Waals surface area contributed by atoms with Gasteiger partial charge in [-0.3, -0.25) is 9.59 Å². The number of hydrogen-bond acceptors (Lipinski definition) is 2. The fourth-order valence-corrected chi connectivity index (χ4v) is 2.87. The van der Waals surface area contributed by atoms with Crippen LogP contribution in [0.2, 0.25) is 0 Å². The molecule has 1 aromatic carbocycles. The zero-order chi connectivity index (χ0) is 14.4. The van der Waals surface area contributed by atoms with Gasteiger partial charge in [-0.1, -0.05) is 43.7 Å². The number of amides is 1. The second-order valence-electron chi connectivity index (χ2n) is 5.59. The molecule has 0 aliphatic carbocycles. The summed E-state index contributed by atoms with van der Waals surface area (Å²) in [6.45, 7) is 3.76. The van der Waals surface area contributed by atoms with Gasteiger partial charge in [-0.05, 0) is 18.8 Å². The Hall–Kier alpha value is -1.64. The maximum absolute atomic E-state index is 12.0. The van der Waals surface area contributed by atoms with Crippen LogP contribution in [0.1, 0.15) is 49.4 Å². The summed E-state index contributed by atoms with van der Waals surface area (Å²) in [6.07, 6.45) is 4.24. The van der Waals surface area contributed by atoms with Crippen molar-refractivity contribution in [1.82, 2.24) is 4.90 Å². The number of ketones is 1. The van der Waals surface area contributed by atoms with Crippen LogP contribution >= 0.6 is 0 Å². The van der Waals surface area contributed by atoms with Crippen LogP contribution in [0.4, 0.5) is 0 Å². The van der Waals surface area contributed by atoms with Crippen LogP contribution in [-0.2, 0) is 4.79 Å². The lowest BCUT2D eigenvalue weighted by Crippen LogP contribution is -2.26. The lowest BCUT2D eigenvalue weighted by molar-refractivity contribution is -0.127. The molecule has 1 unspecified atom stereocenters. The number of benzene rings is 1. The van der Waals surface area contributed by atoms with Gasteiger partial charge in [-0.15, -0.1) is 0 Å². The van der Waals surface area contributed by atoms with Crippen molar-refractivity contribution in [3.05, 3.63) is 35.9 Å². The molecule has 1 saturated heterocycles. The minimum Gasteiger partial charge on any atom is -0.342 e. The molecular formula is C17H23NO2. The topological polar surface area (TPSA) is 37.4 Å². The molecule has 0 spiro atoms. The van der Waals surface area contributed by atoms with Crippen molar-refractivity contribution in [2.24, 2.45) is 5.92 Å². The van der Waals surface area contributed by atoms with Gasteiger partial charge in [-0.25, -0.2) is 0 Å². The van der Waals surface area contributed by atoms with E-state index in [0.29, 0.717) is 18.8 Å². The summed E-state index contributed by atoms with van der Waals surface area (Å²) in [5.41, 5.74) is 0.768. The molecular weight excluding hydrogens is 250 g/mol. The molecule has 1 atom stereocenters. The average molecular weight is 273 g/mol. The number of hydrogen-bond donors (Lipinski definition) is 0. The molecule has 0 bridgehead atoms. The first-order valence-electron chi connectivity index (χ1n) is 7.56. The van der Waals surface area contributed by atoms with Crippen molar-refractivity contribution >= 4 is 11.7 Å².